The summed E-state index contributed by atoms with van der Waals surface area (Å²) in [6.45, 7) is 2.68. The van der Waals surface area contributed by atoms with Crippen molar-refractivity contribution in [3.63, 3.8) is 0 Å². The van der Waals surface area contributed by atoms with Crippen molar-refractivity contribution in [1.29, 1.82) is 0 Å². The Morgan fingerprint density at radius 2 is 2.00 bits per heavy atom. The quantitative estimate of drug-likeness (QED) is 0.800. The van der Waals surface area contributed by atoms with Gasteiger partial charge in [-0.2, -0.15) is 0 Å². The fraction of sp³-hybridized carbons (Fsp3) is 0.538. The molecule has 0 aliphatic rings. The number of likely N-dealkylation sites (N-methyl/N-ethyl adjacent to an activating group) is 1. The van der Waals surface area contributed by atoms with Gasteiger partial charge in [-0.05, 0) is 38.2 Å². The first-order chi connectivity index (χ1) is 7.54. The second-order valence-corrected chi connectivity index (χ2v) is 4.44. The van der Waals surface area contributed by atoms with Gasteiger partial charge in [-0.3, -0.25) is 0 Å². The van der Waals surface area contributed by atoms with Crippen LogP contribution >= 0.6 is 0 Å². The van der Waals surface area contributed by atoms with Crippen LogP contribution in [0.5, 0.6) is 5.75 Å². The van der Waals surface area contributed by atoms with E-state index in [1.54, 1.807) is 12.1 Å². The van der Waals surface area contributed by atoms with Crippen molar-refractivity contribution in [2.24, 2.45) is 0 Å². The van der Waals surface area contributed by atoms with Crippen molar-refractivity contribution in [2.45, 2.75) is 25.4 Å². The van der Waals surface area contributed by atoms with E-state index >= 15 is 0 Å². The van der Waals surface area contributed by atoms with E-state index in [0.29, 0.717) is 6.54 Å². The van der Waals surface area contributed by atoms with Crippen LogP contribution in [-0.2, 0) is 0 Å². The van der Waals surface area contributed by atoms with Gasteiger partial charge >= 0.3 is 0 Å². The number of phenolic OH excluding ortho intramolecular Hbond substituents is 1. The maximum Gasteiger partial charge on any atom is 0.115 e. The van der Waals surface area contributed by atoms with Crippen molar-refractivity contribution in [2.75, 3.05) is 20.6 Å². The van der Waals surface area contributed by atoms with Crippen molar-refractivity contribution in [3.8, 4) is 5.75 Å². The van der Waals surface area contributed by atoms with Crippen LogP contribution in [0, 0.1) is 0 Å². The number of phenols is 1. The van der Waals surface area contributed by atoms with Crippen molar-refractivity contribution in [1.82, 2.24) is 4.90 Å². The molecule has 2 atom stereocenters. The van der Waals surface area contributed by atoms with Crippen LogP contribution in [-0.4, -0.2) is 41.9 Å². The Hall–Kier alpha value is -1.06. The third kappa shape index (κ3) is 3.51. The maximum absolute atomic E-state index is 10.1. The van der Waals surface area contributed by atoms with Gasteiger partial charge in [-0.25, -0.2) is 0 Å². The molecule has 0 heterocycles. The normalized spacial score (nSPS) is 15.1. The van der Waals surface area contributed by atoms with Gasteiger partial charge in [0.2, 0.25) is 0 Å². The zero-order valence-electron chi connectivity index (χ0n) is 10.2. The number of hydrogen-bond donors (Lipinski definition) is 2. The van der Waals surface area contributed by atoms with Crippen LogP contribution in [0.2, 0.25) is 0 Å². The van der Waals surface area contributed by atoms with E-state index in [2.05, 4.69) is 0 Å². The summed E-state index contributed by atoms with van der Waals surface area (Å²) in [4.78, 5) is 1.97. The Labute approximate surface area is 97.3 Å². The predicted molar refractivity (Wildman–Crippen MR) is 65.7 cm³/mol. The summed E-state index contributed by atoms with van der Waals surface area (Å²) >= 11 is 0. The fourth-order valence-electron chi connectivity index (χ4n) is 1.99. The minimum Gasteiger partial charge on any atom is -0.508 e. The number of hydrogen-bond acceptors (Lipinski definition) is 3. The first-order valence-electron chi connectivity index (χ1n) is 5.66. The van der Waals surface area contributed by atoms with E-state index in [1.807, 2.05) is 38.1 Å². The molecule has 0 aliphatic carbocycles. The molecule has 2 N–H and O–H groups in total. The zero-order valence-corrected chi connectivity index (χ0v) is 10.2. The largest absolute Gasteiger partial charge is 0.508 e. The molecule has 0 unspecified atom stereocenters. The van der Waals surface area contributed by atoms with Crippen LogP contribution in [0.15, 0.2) is 24.3 Å². The molecule has 0 fully saturated rings. The molecule has 1 aromatic rings. The highest BCUT2D eigenvalue weighted by Gasteiger charge is 2.20. The molecular formula is C13H21NO2. The van der Waals surface area contributed by atoms with Crippen molar-refractivity contribution in [3.05, 3.63) is 29.8 Å². The summed E-state index contributed by atoms with van der Waals surface area (Å²) in [7, 11) is 3.89. The van der Waals surface area contributed by atoms with E-state index < -0.39 is 6.10 Å². The van der Waals surface area contributed by atoms with Crippen LogP contribution < -0.4 is 0 Å². The van der Waals surface area contributed by atoms with Crippen LogP contribution in [0.3, 0.4) is 0 Å². The molecule has 0 bridgehead atoms. The molecule has 1 rings (SSSR count). The lowest BCUT2D eigenvalue weighted by atomic mass is 9.90. The molecule has 0 aromatic heterocycles. The van der Waals surface area contributed by atoms with E-state index in [0.717, 1.165) is 12.0 Å². The van der Waals surface area contributed by atoms with Crippen molar-refractivity contribution < 1.29 is 10.2 Å². The molecule has 3 heteroatoms. The minimum absolute atomic E-state index is 0.0782. The Balaban J connectivity index is 2.81. The molecule has 0 saturated carbocycles. The van der Waals surface area contributed by atoms with E-state index in [9.17, 15) is 10.2 Å². The van der Waals surface area contributed by atoms with Crippen LogP contribution in [0.1, 0.15) is 24.8 Å². The van der Waals surface area contributed by atoms with Gasteiger partial charge in [0.25, 0.3) is 0 Å². The second kappa shape index (κ2) is 5.87. The molecule has 3 nitrogen and oxygen atoms in total. The summed E-state index contributed by atoms with van der Waals surface area (Å²) in [5.74, 6) is 0.336. The number of aliphatic hydroxyl groups excluding tert-OH is 1. The highest BCUT2D eigenvalue weighted by atomic mass is 16.3. The van der Waals surface area contributed by atoms with Crippen LogP contribution in [0.25, 0.3) is 0 Å². The molecule has 16 heavy (non-hydrogen) atoms. The average Bonchev–Trinajstić information content (AvgIpc) is 2.17. The molecule has 1 aromatic carbocycles. The number of rotatable bonds is 5. The number of nitrogens with zero attached hydrogens (tertiary/aromatic N) is 1. The molecule has 90 valence electrons. The molecular weight excluding hydrogens is 202 g/mol. The highest BCUT2D eigenvalue weighted by molar-refractivity contribution is 5.30. The second-order valence-electron chi connectivity index (χ2n) is 4.44. The highest BCUT2D eigenvalue weighted by Crippen LogP contribution is 2.26. The van der Waals surface area contributed by atoms with Gasteiger partial charge in [0.05, 0.1) is 6.10 Å². The number of aliphatic hydroxyl groups is 1. The van der Waals surface area contributed by atoms with Gasteiger partial charge in [-0.1, -0.05) is 19.1 Å². The Morgan fingerprint density at radius 1 is 1.31 bits per heavy atom. The average molecular weight is 223 g/mol. The Kier molecular flexibility index (Phi) is 4.77. The lowest BCUT2D eigenvalue weighted by molar-refractivity contribution is 0.108. The van der Waals surface area contributed by atoms with Gasteiger partial charge < -0.3 is 15.1 Å². The number of benzene rings is 1. The lowest BCUT2D eigenvalue weighted by Gasteiger charge is -2.24. The zero-order chi connectivity index (χ0) is 12.1. The van der Waals surface area contributed by atoms with Gasteiger partial charge in [0, 0.05) is 12.5 Å². The third-order valence-corrected chi connectivity index (χ3v) is 2.75. The summed E-state index contributed by atoms with van der Waals surface area (Å²) < 4.78 is 0. The SMILES string of the molecule is CC[C@@H](c1cccc(O)c1)[C@@H](O)CN(C)C. The minimum atomic E-state index is -0.401. The summed E-state index contributed by atoms with van der Waals surface area (Å²) in [6, 6.07) is 7.14. The smallest absolute Gasteiger partial charge is 0.115 e. The Bertz CT molecular complexity index is 325. The topological polar surface area (TPSA) is 43.7 Å². The van der Waals surface area contributed by atoms with Crippen molar-refractivity contribution >= 4 is 0 Å². The molecule has 0 amide bonds. The summed E-state index contributed by atoms with van der Waals surface area (Å²) in [5, 5.41) is 19.5. The lowest BCUT2D eigenvalue weighted by Crippen LogP contribution is -2.30. The van der Waals surface area contributed by atoms with E-state index in [-0.39, 0.29) is 11.7 Å². The van der Waals surface area contributed by atoms with Gasteiger partial charge in [0.1, 0.15) is 5.75 Å². The molecule has 0 radical (unpaired) electrons. The fourth-order valence-corrected chi connectivity index (χ4v) is 1.99. The number of aromatic hydroxyl groups is 1. The van der Waals surface area contributed by atoms with E-state index in [4.69, 9.17) is 0 Å². The molecule has 0 saturated heterocycles. The first-order valence-corrected chi connectivity index (χ1v) is 5.66. The van der Waals surface area contributed by atoms with E-state index in [1.165, 1.54) is 0 Å². The molecule has 0 aliphatic heterocycles. The first kappa shape index (κ1) is 13.0. The molecule has 0 spiro atoms. The van der Waals surface area contributed by atoms with Gasteiger partial charge in [0.15, 0.2) is 0 Å². The maximum atomic E-state index is 10.1. The third-order valence-electron chi connectivity index (χ3n) is 2.75. The Morgan fingerprint density at radius 3 is 2.50 bits per heavy atom. The summed E-state index contributed by atoms with van der Waals surface area (Å²) in [5.41, 5.74) is 0.997. The predicted octanol–water partition coefficient (Wildman–Crippen LogP) is 1.81. The van der Waals surface area contributed by atoms with Crippen LogP contribution in [0.4, 0.5) is 0 Å². The van der Waals surface area contributed by atoms with Gasteiger partial charge in [-0.15, -0.1) is 0 Å². The monoisotopic (exact) mass is 223 g/mol. The standard InChI is InChI=1S/C13H21NO2/c1-4-12(13(16)9-14(2)3)10-6-5-7-11(15)8-10/h5-8,12-13,15-16H,4,9H2,1-3H3/t12-,13-/m0/s1. The summed E-state index contributed by atoms with van der Waals surface area (Å²) in [6.07, 6.45) is 0.458.